The van der Waals surface area contributed by atoms with Crippen molar-refractivity contribution in [3.05, 3.63) is 77.9 Å². The average Bonchev–Trinajstić information content (AvgIpc) is 3.17. The van der Waals surface area contributed by atoms with Crippen LogP contribution in [-0.2, 0) is 26.2 Å². The monoisotopic (exact) mass is 445 g/mol. The summed E-state index contributed by atoms with van der Waals surface area (Å²) in [5.74, 6) is 0.437. The maximum Gasteiger partial charge on any atom is 3.00 e. The average molecular weight is 448 g/mol. The van der Waals surface area contributed by atoms with Gasteiger partial charge in [-0.15, -0.1) is 33.7 Å². The molecule has 1 radical (unpaired) electrons. The molecule has 0 heterocycles. The van der Waals surface area contributed by atoms with E-state index < -0.39 is 0 Å². The van der Waals surface area contributed by atoms with Gasteiger partial charge in [-0.25, -0.2) is 0 Å². The van der Waals surface area contributed by atoms with Crippen molar-refractivity contribution >= 4 is 21.5 Å². The second-order valence-corrected chi connectivity index (χ2v) is 6.27. The van der Waals surface area contributed by atoms with Crippen LogP contribution in [0.3, 0.4) is 0 Å². The second-order valence-electron chi connectivity index (χ2n) is 6.27. The van der Waals surface area contributed by atoms with Gasteiger partial charge in [-0.05, 0) is 18.8 Å². The first-order valence-corrected chi connectivity index (χ1v) is 8.33. The van der Waals surface area contributed by atoms with Crippen LogP contribution >= 0.6 is 0 Å². The molecule has 0 aliphatic heterocycles. The zero-order valence-corrected chi connectivity index (χ0v) is 18.3. The molecule has 1 aliphatic rings. The second kappa shape index (κ2) is 9.81. The number of fused-ring (bicyclic) bond motifs is 3. The van der Waals surface area contributed by atoms with Gasteiger partial charge >= 0.3 is 26.2 Å². The third-order valence-corrected chi connectivity index (χ3v) is 4.78. The Morgan fingerprint density at radius 3 is 2.52 bits per heavy atom. The van der Waals surface area contributed by atoms with Gasteiger partial charge in [-0.2, -0.15) is 0 Å². The van der Waals surface area contributed by atoms with E-state index in [2.05, 4.69) is 73.7 Å². The number of allylic oxidation sites excluding steroid dienone is 4. The van der Waals surface area contributed by atoms with Crippen LogP contribution in [0.25, 0.3) is 21.5 Å². The van der Waals surface area contributed by atoms with Crippen LogP contribution in [0.2, 0.25) is 0 Å². The Labute approximate surface area is 181 Å². The zero-order valence-electron chi connectivity index (χ0n) is 14.3. The fraction of sp³-hybridized carbons (Fsp3) is 0.227. The molecular formula is C22H21Cl2Zr. The van der Waals surface area contributed by atoms with E-state index in [0.29, 0.717) is 5.92 Å². The molecule has 0 spiro atoms. The first-order valence-electron chi connectivity index (χ1n) is 8.33. The Balaban J connectivity index is 0.00000104. The van der Waals surface area contributed by atoms with Gasteiger partial charge in [0.05, 0.1) is 0 Å². The molecule has 1 atom stereocenters. The van der Waals surface area contributed by atoms with Crippen molar-refractivity contribution in [2.24, 2.45) is 0 Å². The quantitative estimate of drug-likeness (QED) is 0.511. The van der Waals surface area contributed by atoms with E-state index in [1.165, 1.54) is 51.9 Å². The first kappa shape index (κ1) is 22.3. The molecule has 3 aromatic rings. The van der Waals surface area contributed by atoms with Gasteiger partial charge in [0.2, 0.25) is 0 Å². The van der Waals surface area contributed by atoms with Crippen molar-refractivity contribution in [3.63, 3.8) is 0 Å². The van der Waals surface area contributed by atoms with Crippen LogP contribution < -0.4 is 24.8 Å². The van der Waals surface area contributed by atoms with Crippen molar-refractivity contribution in [2.45, 2.75) is 32.1 Å². The summed E-state index contributed by atoms with van der Waals surface area (Å²) in [6.07, 6.45) is 10.9. The third-order valence-electron chi connectivity index (χ3n) is 4.78. The predicted molar refractivity (Wildman–Crippen MR) is 96.5 cm³/mol. The molecule has 0 nitrogen and oxygen atoms in total. The molecule has 0 bridgehead atoms. The van der Waals surface area contributed by atoms with Crippen molar-refractivity contribution in [1.29, 1.82) is 0 Å². The summed E-state index contributed by atoms with van der Waals surface area (Å²) in [7, 11) is 0. The smallest absolute Gasteiger partial charge is 1.00 e. The topological polar surface area (TPSA) is 0 Å². The van der Waals surface area contributed by atoms with Gasteiger partial charge in [-0.1, -0.05) is 79.1 Å². The number of hydrogen-bond acceptors (Lipinski definition) is 0. The Bertz CT molecular complexity index is 889. The van der Waals surface area contributed by atoms with Crippen molar-refractivity contribution in [2.75, 3.05) is 0 Å². The molecule has 25 heavy (non-hydrogen) atoms. The van der Waals surface area contributed by atoms with Gasteiger partial charge in [0, 0.05) is 0 Å². The van der Waals surface area contributed by atoms with E-state index in [1.54, 1.807) is 0 Å². The van der Waals surface area contributed by atoms with E-state index in [1.807, 2.05) is 0 Å². The summed E-state index contributed by atoms with van der Waals surface area (Å²) in [5, 5.41) is 5.52. The van der Waals surface area contributed by atoms with Crippen LogP contribution in [0.5, 0.6) is 0 Å². The maximum atomic E-state index is 2.45. The third kappa shape index (κ3) is 4.33. The van der Waals surface area contributed by atoms with Crippen molar-refractivity contribution in [3.8, 4) is 0 Å². The predicted octanol–water partition coefficient (Wildman–Crippen LogP) is 0.487. The molecule has 0 aromatic heterocycles. The van der Waals surface area contributed by atoms with E-state index in [4.69, 9.17) is 0 Å². The van der Waals surface area contributed by atoms with Crippen LogP contribution in [0.1, 0.15) is 37.7 Å². The minimum Gasteiger partial charge on any atom is -1.00 e. The molecular weight excluding hydrogens is 426 g/mol. The zero-order chi connectivity index (χ0) is 14.9. The summed E-state index contributed by atoms with van der Waals surface area (Å²) in [5.41, 5.74) is 2.94. The summed E-state index contributed by atoms with van der Waals surface area (Å²) in [4.78, 5) is 0. The Kier molecular flexibility index (Phi) is 8.75. The molecule has 0 fully saturated rings. The van der Waals surface area contributed by atoms with E-state index in [-0.39, 0.29) is 51.0 Å². The van der Waals surface area contributed by atoms with Gasteiger partial charge < -0.3 is 24.8 Å². The molecule has 0 amide bonds. The molecule has 3 heteroatoms. The fourth-order valence-corrected chi connectivity index (χ4v) is 3.60. The molecule has 3 aromatic carbocycles. The minimum atomic E-state index is 0. The number of halogens is 2. The number of benzene rings is 2. The normalized spacial score (nSPS) is 15.4. The van der Waals surface area contributed by atoms with E-state index >= 15 is 0 Å². The number of unbranched alkanes of at least 4 members (excludes halogenated alkanes) is 1. The van der Waals surface area contributed by atoms with E-state index in [0.717, 1.165) is 0 Å². The van der Waals surface area contributed by atoms with Gasteiger partial charge in [0.15, 0.2) is 0 Å². The fourth-order valence-electron chi connectivity index (χ4n) is 3.60. The molecule has 127 valence electrons. The minimum absolute atomic E-state index is 0. The number of rotatable bonds is 4. The number of hydrogen-bond donors (Lipinski definition) is 0. The van der Waals surface area contributed by atoms with Crippen LogP contribution in [0, 0.1) is 0 Å². The maximum absolute atomic E-state index is 2.45. The Hall–Kier alpha value is -0.747. The molecule has 4 rings (SSSR count). The standard InChI is InChI=1S/C22H21.2ClH.Zr/c1-2-3-7-16-12-13-18(14-16)20-10-6-11-21-19-9-5-4-8-17(19)15-22(20)21;;;/h4-6,8-15,18H,2-3,7H2,1H3;2*1H;/q-1;;;+3/p-2. The van der Waals surface area contributed by atoms with Crippen molar-refractivity contribution < 1.29 is 51.0 Å². The van der Waals surface area contributed by atoms with Crippen LogP contribution in [0.15, 0.2) is 72.3 Å². The SMILES string of the molecule is CCCCC1=CC(c2cccc3c2[cH-]c2ccccc23)C=C1.[Cl-].[Cl-].[Zr+3]. The summed E-state index contributed by atoms with van der Waals surface area (Å²) in [6, 6.07) is 17.8. The molecule has 0 saturated heterocycles. The van der Waals surface area contributed by atoms with Crippen molar-refractivity contribution in [1.82, 2.24) is 0 Å². The van der Waals surface area contributed by atoms with Gasteiger partial charge in [-0.3, -0.25) is 0 Å². The molecule has 1 aliphatic carbocycles. The Morgan fingerprint density at radius 1 is 0.960 bits per heavy atom. The summed E-state index contributed by atoms with van der Waals surface area (Å²) in [6.45, 7) is 2.26. The molecule has 1 unspecified atom stereocenters. The van der Waals surface area contributed by atoms with Gasteiger partial charge in [0.1, 0.15) is 0 Å². The Morgan fingerprint density at radius 2 is 1.72 bits per heavy atom. The molecule has 0 N–H and O–H groups in total. The van der Waals surface area contributed by atoms with Gasteiger partial charge in [0.25, 0.3) is 0 Å². The summed E-state index contributed by atoms with van der Waals surface area (Å²) >= 11 is 0. The van der Waals surface area contributed by atoms with Crippen LogP contribution in [-0.4, -0.2) is 0 Å². The molecule has 0 saturated carbocycles. The van der Waals surface area contributed by atoms with Crippen LogP contribution in [0.4, 0.5) is 0 Å². The summed E-state index contributed by atoms with van der Waals surface area (Å²) < 4.78 is 0. The first-order chi connectivity index (χ1) is 10.9. The van der Waals surface area contributed by atoms with E-state index in [9.17, 15) is 0 Å². The largest absolute Gasteiger partial charge is 3.00 e.